The van der Waals surface area contributed by atoms with Crippen LogP contribution in [-0.4, -0.2) is 46.1 Å². The number of nitrogens with one attached hydrogen (secondary N) is 1. The summed E-state index contributed by atoms with van der Waals surface area (Å²) in [5.74, 6) is 0.894. The highest BCUT2D eigenvalue weighted by molar-refractivity contribution is 5.93. The average Bonchev–Trinajstić information content (AvgIpc) is 3.01. The molecule has 0 saturated heterocycles. The van der Waals surface area contributed by atoms with Crippen molar-refractivity contribution in [1.82, 2.24) is 14.5 Å². The van der Waals surface area contributed by atoms with Crippen LogP contribution < -0.4 is 15.8 Å². The second-order valence-corrected chi connectivity index (χ2v) is 7.24. The van der Waals surface area contributed by atoms with E-state index in [0.29, 0.717) is 44.2 Å². The molecule has 3 aromatic rings. The first-order chi connectivity index (χ1) is 15.1. The number of carbonyl (C=O) groups is 2. The molecule has 8 heteroatoms. The molecule has 0 fully saturated rings. The van der Waals surface area contributed by atoms with E-state index in [1.165, 1.54) is 0 Å². The number of anilines is 1. The lowest BCUT2D eigenvalue weighted by Gasteiger charge is -2.21. The molecule has 0 spiro atoms. The van der Waals surface area contributed by atoms with Crippen LogP contribution in [0.25, 0.3) is 11.4 Å². The SMILES string of the molecule is CCOc1ccc(NC(=O)N2CCc3c(C(N)=O)nc(-c4ccccc4)n3CC2)cc1. The van der Waals surface area contributed by atoms with Gasteiger partial charge in [-0.25, -0.2) is 9.78 Å². The first-order valence-corrected chi connectivity index (χ1v) is 10.3. The lowest BCUT2D eigenvalue weighted by atomic mass is 10.2. The van der Waals surface area contributed by atoms with E-state index in [2.05, 4.69) is 10.3 Å². The number of hydrogen-bond acceptors (Lipinski definition) is 4. The Hall–Kier alpha value is -3.81. The fourth-order valence-electron chi connectivity index (χ4n) is 3.77. The van der Waals surface area contributed by atoms with Gasteiger partial charge >= 0.3 is 6.03 Å². The lowest BCUT2D eigenvalue weighted by Crippen LogP contribution is -2.37. The van der Waals surface area contributed by atoms with Crippen LogP contribution in [0.15, 0.2) is 54.6 Å². The van der Waals surface area contributed by atoms with E-state index in [1.807, 2.05) is 66.1 Å². The zero-order valence-corrected chi connectivity index (χ0v) is 17.4. The van der Waals surface area contributed by atoms with E-state index in [-0.39, 0.29) is 11.7 Å². The molecule has 2 heterocycles. The number of nitrogens with zero attached hydrogens (tertiary/aromatic N) is 3. The first kappa shape index (κ1) is 20.5. The quantitative estimate of drug-likeness (QED) is 0.663. The monoisotopic (exact) mass is 419 g/mol. The minimum atomic E-state index is -0.557. The van der Waals surface area contributed by atoms with E-state index >= 15 is 0 Å². The number of carbonyl (C=O) groups excluding carboxylic acids is 2. The van der Waals surface area contributed by atoms with Crippen LogP contribution in [0.2, 0.25) is 0 Å². The predicted molar refractivity (Wildman–Crippen MR) is 118 cm³/mol. The number of rotatable bonds is 5. The number of urea groups is 1. The van der Waals surface area contributed by atoms with Crippen LogP contribution in [0.4, 0.5) is 10.5 Å². The number of ether oxygens (including phenoxy) is 1. The highest BCUT2D eigenvalue weighted by atomic mass is 16.5. The van der Waals surface area contributed by atoms with Gasteiger partial charge in [-0.05, 0) is 31.2 Å². The molecule has 1 aliphatic heterocycles. The maximum atomic E-state index is 12.8. The molecule has 0 atom stereocenters. The topological polar surface area (TPSA) is 102 Å². The van der Waals surface area contributed by atoms with Gasteiger partial charge in [-0.15, -0.1) is 0 Å². The van der Waals surface area contributed by atoms with Crippen molar-refractivity contribution in [2.24, 2.45) is 5.73 Å². The van der Waals surface area contributed by atoms with E-state index in [4.69, 9.17) is 10.5 Å². The van der Waals surface area contributed by atoms with E-state index in [9.17, 15) is 9.59 Å². The third kappa shape index (κ3) is 4.37. The molecular formula is C23H25N5O3. The zero-order chi connectivity index (χ0) is 21.8. The largest absolute Gasteiger partial charge is 0.494 e. The Labute approximate surface area is 180 Å². The van der Waals surface area contributed by atoms with Crippen molar-refractivity contribution in [1.29, 1.82) is 0 Å². The molecule has 4 rings (SSSR count). The molecule has 160 valence electrons. The minimum Gasteiger partial charge on any atom is -0.494 e. The van der Waals surface area contributed by atoms with Crippen LogP contribution in [-0.2, 0) is 13.0 Å². The smallest absolute Gasteiger partial charge is 0.321 e. The van der Waals surface area contributed by atoms with Crippen molar-refractivity contribution >= 4 is 17.6 Å². The van der Waals surface area contributed by atoms with Gasteiger partial charge in [-0.2, -0.15) is 0 Å². The van der Waals surface area contributed by atoms with Gasteiger partial charge in [0.1, 0.15) is 17.3 Å². The molecule has 0 bridgehead atoms. The summed E-state index contributed by atoms with van der Waals surface area (Å²) in [7, 11) is 0. The second kappa shape index (κ2) is 8.91. The fourth-order valence-corrected chi connectivity index (χ4v) is 3.77. The van der Waals surface area contributed by atoms with Crippen molar-refractivity contribution in [2.75, 3.05) is 25.0 Å². The minimum absolute atomic E-state index is 0.190. The molecule has 1 aliphatic rings. The van der Waals surface area contributed by atoms with Crippen molar-refractivity contribution in [3.05, 3.63) is 66.0 Å². The number of imidazole rings is 1. The van der Waals surface area contributed by atoms with Gasteiger partial charge in [0.2, 0.25) is 0 Å². The Bertz CT molecular complexity index is 1080. The van der Waals surface area contributed by atoms with E-state index in [1.54, 1.807) is 4.90 Å². The molecule has 1 aromatic heterocycles. The second-order valence-electron chi connectivity index (χ2n) is 7.24. The maximum Gasteiger partial charge on any atom is 0.321 e. The Morgan fingerprint density at radius 1 is 1.06 bits per heavy atom. The van der Waals surface area contributed by atoms with Gasteiger partial charge in [0, 0.05) is 37.3 Å². The summed E-state index contributed by atoms with van der Waals surface area (Å²) in [5, 5.41) is 2.93. The van der Waals surface area contributed by atoms with Gasteiger partial charge < -0.3 is 25.3 Å². The molecular weight excluding hydrogens is 394 g/mol. The average molecular weight is 419 g/mol. The summed E-state index contributed by atoms with van der Waals surface area (Å²) in [5.41, 5.74) is 8.23. The van der Waals surface area contributed by atoms with Crippen molar-refractivity contribution in [3.63, 3.8) is 0 Å². The first-order valence-electron chi connectivity index (χ1n) is 10.3. The Morgan fingerprint density at radius 3 is 2.48 bits per heavy atom. The predicted octanol–water partition coefficient (Wildman–Crippen LogP) is 3.14. The van der Waals surface area contributed by atoms with Crippen molar-refractivity contribution in [3.8, 4) is 17.1 Å². The maximum absolute atomic E-state index is 12.8. The third-order valence-corrected chi connectivity index (χ3v) is 5.25. The van der Waals surface area contributed by atoms with Crippen LogP contribution in [0, 0.1) is 0 Å². The summed E-state index contributed by atoms with van der Waals surface area (Å²) in [6.45, 7) is 3.99. The van der Waals surface area contributed by atoms with Crippen molar-refractivity contribution in [2.45, 2.75) is 19.9 Å². The Morgan fingerprint density at radius 2 is 1.81 bits per heavy atom. The van der Waals surface area contributed by atoms with Gasteiger partial charge in [0.25, 0.3) is 5.91 Å². The van der Waals surface area contributed by atoms with Gasteiger partial charge in [-0.1, -0.05) is 30.3 Å². The number of nitrogens with two attached hydrogens (primary N) is 1. The fraction of sp³-hybridized carbons (Fsp3) is 0.261. The van der Waals surface area contributed by atoms with Crippen molar-refractivity contribution < 1.29 is 14.3 Å². The molecule has 0 aliphatic carbocycles. The zero-order valence-electron chi connectivity index (χ0n) is 17.4. The number of benzene rings is 2. The standard InChI is InChI=1S/C23H25N5O3/c1-2-31-18-10-8-17(9-11-18)25-23(30)27-13-12-19-20(21(24)29)26-22(28(19)15-14-27)16-6-4-3-5-7-16/h3-11H,2,12-15H2,1H3,(H2,24,29)(H,25,30). The summed E-state index contributed by atoms with van der Waals surface area (Å²) < 4.78 is 7.43. The highest BCUT2D eigenvalue weighted by Crippen LogP contribution is 2.25. The number of aromatic nitrogens is 2. The van der Waals surface area contributed by atoms with Gasteiger partial charge in [0.15, 0.2) is 0 Å². The van der Waals surface area contributed by atoms with Crippen LogP contribution >= 0.6 is 0 Å². The highest BCUT2D eigenvalue weighted by Gasteiger charge is 2.26. The van der Waals surface area contributed by atoms with Crippen LogP contribution in [0.5, 0.6) is 5.75 Å². The molecule has 8 nitrogen and oxygen atoms in total. The Balaban J connectivity index is 1.52. The molecule has 2 aromatic carbocycles. The molecule has 3 N–H and O–H groups in total. The molecule has 0 saturated carbocycles. The van der Waals surface area contributed by atoms with Crippen LogP contribution in [0.1, 0.15) is 23.1 Å². The van der Waals surface area contributed by atoms with Gasteiger partial charge in [0.05, 0.1) is 12.3 Å². The van der Waals surface area contributed by atoms with E-state index < -0.39 is 5.91 Å². The number of amides is 3. The molecule has 3 amide bonds. The summed E-state index contributed by atoms with van der Waals surface area (Å²) in [4.78, 5) is 31.1. The lowest BCUT2D eigenvalue weighted by molar-refractivity contribution is 0.0995. The number of primary amides is 1. The number of hydrogen-bond donors (Lipinski definition) is 2. The van der Waals surface area contributed by atoms with Gasteiger partial charge in [-0.3, -0.25) is 4.79 Å². The molecule has 0 radical (unpaired) electrons. The summed E-state index contributed by atoms with van der Waals surface area (Å²) in [6, 6.07) is 16.8. The summed E-state index contributed by atoms with van der Waals surface area (Å²) >= 11 is 0. The Kier molecular flexibility index (Phi) is 5.88. The third-order valence-electron chi connectivity index (χ3n) is 5.25. The van der Waals surface area contributed by atoms with E-state index in [0.717, 1.165) is 17.0 Å². The number of fused-ring (bicyclic) bond motifs is 1. The summed E-state index contributed by atoms with van der Waals surface area (Å²) in [6.07, 6.45) is 0.495. The molecule has 0 unspecified atom stereocenters. The molecule has 31 heavy (non-hydrogen) atoms. The van der Waals surface area contributed by atoms with Crippen LogP contribution in [0.3, 0.4) is 0 Å². The normalized spacial score (nSPS) is 13.3.